The summed E-state index contributed by atoms with van der Waals surface area (Å²) in [5, 5.41) is 37.8. The summed E-state index contributed by atoms with van der Waals surface area (Å²) in [6, 6.07) is 26.4. The monoisotopic (exact) mass is 404 g/mol. The van der Waals surface area contributed by atoms with E-state index in [1.165, 1.54) is 24.3 Å². The Morgan fingerprint density at radius 3 is 0.733 bits per heavy atom. The molecule has 0 saturated heterocycles. The van der Waals surface area contributed by atoms with Gasteiger partial charge >= 0.3 is 0 Å². The van der Waals surface area contributed by atoms with Crippen molar-refractivity contribution in [3.05, 3.63) is 97.1 Å². The van der Waals surface area contributed by atoms with Crippen molar-refractivity contribution in [3.63, 3.8) is 0 Å². The van der Waals surface area contributed by atoms with Crippen LogP contribution in [0.1, 0.15) is 0 Å². The summed E-state index contributed by atoms with van der Waals surface area (Å²) in [6.45, 7) is 0. The molecule has 4 N–H and O–H groups in total. The second kappa shape index (κ2) is 9.75. The van der Waals surface area contributed by atoms with Crippen LogP contribution >= 0.6 is 0 Å². The second-order valence-electron chi connectivity index (χ2n) is 6.08. The summed E-state index contributed by atoms with van der Waals surface area (Å²) in [5.41, 5.74) is 0. The van der Waals surface area contributed by atoms with Crippen molar-refractivity contribution in [1.29, 1.82) is 0 Å². The summed E-state index contributed by atoms with van der Waals surface area (Å²) >= 11 is 0. The number of benzene rings is 4. The van der Waals surface area contributed by atoms with Crippen LogP contribution in [-0.2, 0) is 0 Å². The van der Waals surface area contributed by atoms with Crippen molar-refractivity contribution in [1.82, 2.24) is 0 Å². The van der Waals surface area contributed by atoms with Gasteiger partial charge in [0.25, 0.3) is 0 Å². The van der Waals surface area contributed by atoms with E-state index in [4.69, 9.17) is 9.47 Å². The van der Waals surface area contributed by atoms with Crippen LogP contribution in [0.2, 0.25) is 0 Å². The molecule has 0 atom stereocenters. The molecule has 152 valence electrons. The summed E-state index contributed by atoms with van der Waals surface area (Å²) in [5.74, 6) is 1.44. The maximum absolute atomic E-state index is 9.46. The fourth-order valence-corrected chi connectivity index (χ4v) is 2.41. The first-order valence-electron chi connectivity index (χ1n) is 9.02. The third kappa shape index (κ3) is 5.36. The largest absolute Gasteiger partial charge is 0.504 e. The molecule has 0 spiro atoms. The minimum atomic E-state index is 0.0424. The summed E-state index contributed by atoms with van der Waals surface area (Å²) in [6.07, 6.45) is 0. The van der Waals surface area contributed by atoms with Gasteiger partial charge in [-0.1, -0.05) is 48.5 Å². The predicted octanol–water partition coefficient (Wildman–Crippen LogP) is 5.78. The molecule has 0 aliphatic heterocycles. The van der Waals surface area contributed by atoms with Crippen LogP contribution in [0.15, 0.2) is 97.1 Å². The average molecular weight is 404 g/mol. The van der Waals surface area contributed by atoms with Gasteiger partial charge in [-0.2, -0.15) is 0 Å². The van der Waals surface area contributed by atoms with Gasteiger partial charge in [0.05, 0.1) is 0 Å². The molecule has 0 amide bonds. The quantitative estimate of drug-likeness (QED) is 0.344. The van der Waals surface area contributed by atoms with Gasteiger partial charge < -0.3 is 29.9 Å². The zero-order valence-corrected chi connectivity index (χ0v) is 15.8. The number of rotatable bonds is 4. The molecule has 0 unspecified atom stereocenters. The molecule has 0 aliphatic carbocycles. The van der Waals surface area contributed by atoms with Crippen molar-refractivity contribution in [2.45, 2.75) is 0 Å². The molecular weight excluding hydrogens is 384 g/mol. The highest BCUT2D eigenvalue weighted by molar-refractivity contribution is 5.47. The molecule has 4 aromatic carbocycles. The topological polar surface area (TPSA) is 99.4 Å². The van der Waals surface area contributed by atoms with Crippen LogP contribution in [-0.4, -0.2) is 20.4 Å². The lowest BCUT2D eigenvalue weighted by molar-refractivity contribution is 0.385. The maximum Gasteiger partial charge on any atom is 0.169 e. The van der Waals surface area contributed by atoms with Crippen molar-refractivity contribution < 1.29 is 29.9 Å². The Morgan fingerprint density at radius 1 is 0.333 bits per heavy atom. The number of hydrogen-bond acceptors (Lipinski definition) is 6. The van der Waals surface area contributed by atoms with Crippen LogP contribution in [0.25, 0.3) is 0 Å². The highest BCUT2D eigenvalue weighted by Gasteiger charge is 2.06. The maximum atomic E-state index is 9.46. The number of phenols is 4. The normalized spacial score (nSPS) is 9.87. The van der Waals surface area contributed by atoms with Crippen LogP contribution in [0.3, 0.4) is 0 Å². The zero-order valence-electron chi connectivity index (χ0n) is 15.8. The Labute approximate surface area is 173 Å². The van der Waals surface area contributed by atoms with Crippen LogP contribution in [0, 0.1) is 0 Å². The highest BCUT2D eigenvalue weighted by Crippen LogP contribution is 2.35. The first-order chi connectivity index (χ1) is 14.5. The molecule has 0 bridgehead atoms. The fourth-order valence-electron chi connectivity index (χ4n) is 2.41. The minimum absolute atomic E-state index is 0.0424. The molecule has 0 radical (unpaired) electrons. The van der Waals surface area contributed by atoms with Crippen LogP contribution < -0.4 is 9.47 Å². The second-order valence-corrected chi connectivity index (χ2v) is 6.08. The van der Waals surface area contributed by atoms with E-state index in [-0.39, 0.29) is 23.0 Å². The molecular formula is C24H20O6. The molecule has 0 fully saturated rings. The summed E-state index contributed by atoms with van der Waals surface area (Å²) in [7, 11) is 0. The Bertz CT molecular complexity index is 934. The molecule has 30 heavy (non-hydrogen) atoms. The lowest BCUT2D eigenvalue weighted by Gasteiger charge is -2.08. The smallest absolute Gasteiger partial charge is 0.169 e. The minimum Gasteiger partial charge on any atom is -0.504 e. The van der Waals surface area contributed by atoms with Gasteiger partial charge in [-0.3, -0.25) is 0 Å². The molecule has 6 nitrogen and oxygen atoms in total. The SMILES string of the molecule is Oc1ccccc1Oc1ccccc1O.Oc1ccccc1Oc1ccccc1O. The van der Waals surface area contributed by atoms with E-state index in [0.29, 0.717) is 23.0 Å². The highest BCUT2D eigenvalue weighted by atomic mass is 16.5. The van der Waals surface area contributed by atoms with Gasteiger partial charge in [-0.15, -0.1) is 0 Å². The molecule has 0 heterocycles. The van der Waals surface area contributed by atoms with E-state index in [2.05, 4.69) is 0 Å². The van der Waals surface area contributed by atoms with Crippen LogP contribution in [0.5, 0.6) is 46.0 Å². The predicted molar refractivity (Wildman–Crippen MR) is 113 cm³/mol. The molecule has 0 aromatic heterocycles. The number of phenolic OH excluding ortho intramolecular Hbond substituents is 4. The lowest BCUT2D eigenvalue weighted by atomic mass is 10.3. The summed E-state index contributed by atoms with van der Waals surface area (Å²) < 4.78 is 10.7. The average Bonchev–Trinajstić information content (AvgIpc) is 2.75. The number of para-hydroxylation sites is 8. The molecule has 4 rings (SSSR count). The van der Waals surface area contributed by atoms with E-state index in [9.17, 15) is 20.4 Å². The lowest BCUT2D eigenvalue weighted by Crippen LogP contribution is -1.84. The Kier molecular flexibility index (Phi) is 6.63. The van der Waals surface area contributed by atoms with Gasteiger partial charge in [-0.25, -0.2) is 0 Å². The standard InChI is InChI=1S/2C12H10O3/c2*13-9-5-1-3-7-11(9)15-12-8-4-2-6-10(12)14/h2*1-8,13-14H. The van der Waals surface area contributed by atoms with E-state index in [1.54, 1.807) is 72.8 Å². The van der Waals surface area contributed by atoms with Crippen molar-refractivity contribution in [3.8, 4) is 46.0 Å². The Hall–Kier alpha value is -4.32. The molecule has 0 aliphatic rings. The molecule has 4 aromatic rings. The van der Waals surface area contributed by atoms with Crippen molar-refractivity contribution in [2.75, 3.05) is 0 Å². The third-order valence-electron chi connectivity index (χ3n) is 3.90. The van der Waals surface area contributed by atoms with Crippen molar-refractivity contribution >= 4 is 0 Å². The number of ether oxygens (including phenoxy) is 2. The zero-order chi connectivity index (χ0) is 21.3. The number of hydrogen-bond donors (Lipinski definition) is 4. The Balaban J connectivity index is 0.000000171. The molecule has 0 saturated carbocycles. The molecule has 6 heteroatoms. The van der Waals surface area contributed by atoms with Gasteiger partial charge in [0.15, 0.2) is 46.0 Å². The van der Waals surface area contributed by atoms with Gasteiger partial charge in [0, 0.05) is 0 Å². The van der Waals surface area contributed by atoms with E-state index in [0.717, 1.165) is 0 Å². The third-order valence-corrected chi connectivity index (χ3v) is 3.90. The summed E-state index contributed by atoms with van der Waals surface area (Å²) in [4.78, 5) is 0. The van der Waals surface area contributed by atoms with E-state index < -0.39 is 0 Å². The van der Waals surface area contributed by atoms with E-state index in [1.807, 2.05) is 0 Å². The Morgan fingerprint density at radius 2 is 0.533 bits per heavy atom. The van der Waals surface area contributed by atoms with Crippen molar-refractivity contribution in [2.24, 2.45) is 0 Å². The fraction of sp³-hybridized carbons (Fsp3) is 0. The van der Waals surface area contributed by atoms with Gasteiger partial charge in [0.1, 0.15) is 0 Å². The first-order valence-corrected chi connectivity index (χ1v) is 9.02. The number of aromatic hydroxyl groups is 4. The van der Waals surface area contributed by atoms with Gasteiger partial charge in [0.2, 0.25) is 0 Å². The van der Waals surface area contributed by atoms with Crippen LogP contribution in [0.4, 0.5) is 0 Å². The van der Waals surface area contributed by atoms with Gasteiger partial charge in [-0.05, 0) is 48.5 Å². The van der Waals surface area contributed by atoms with E-state index >= 15 is 0 Å². The first kappa shape index (κ1) is 20.4.